The van der Waals surface area contributed by atoms with Crippen LogP contribution < -0.4 is 14.8 Å². The summed E-state index contributed by atoms with van der Waals surface area (Å²) in [5.41, 5.74) is 5.09. The number of thiophene rings is 1. The Kier molecular flexibility index (Phi) is 9.92. The highest BCUT2D eigenvalue weighted by Crippen LogP contribution is 2.37. The molecule has 7 heteroatoms. The zero-order valence-electron chi connectivity index (χ0n) is 22.3. The topological polar surface area (TPSA) is 73.9 Å². The first kappa shape index (κ1) is 28.0. The molecule has 0 aliphatic carbocycles. The van der Waals surface area contributed by atoms with Crippen LogP contribution in [0.5, 0.6) is 11.5 Å². The van der Waals surface area contributed by atoms with Gasteiger partial charge in [0.05, 0.1) is 20.3 Å². The van der Waals surface area contributed by atoms with Crippen molar-refractivity contribution < 1.29 is 23.8 Å². The summed E-state index contributed by atoms with van der Waals surface area (Å²) < 4.78 is 16.6. The van der Waals surface area contributed by atoms with Gasteiger partial charge in [-0.1, -0.05) is 38.1 Å². The van der Waals surface area contributed by atoms with Gasteiger partial charge < -0.3 is 19.5 Å². The minimum atomic E-state index is -0.464. The highest BCUT2D eigenvalue weighted by atomic mass is 32.1. The molecule has 0 spiro atoms. The van der Waals surface area contributed by atoms with Gasteiger partial charge in [0.25, 0.3) is 0 Å². The Morgan fingerprint density at radius 3 is 2.51 bits per heavy atom. The highest BCUT2D eigenvalue weighted by Gasteiger charge is 2.22. The zero-order chi connectivity index (χ0) is 26.9. The Balaban J connectivity index is 1.79. The number of amides is 1. The number of anilines is 1. The quantitative estimate of drug-likeness (QED) is 0.212. The maximum Gasteiger partial charge on any atom is 0.341 e. The van der Waals surface area contributed by atoms with Gasteiger partial charge in [-0.15, -0.1) is 11.3 Å². The van der Waals surface area contributed by atoms with Crippen LogP contribution in [0.2, 0.25) is 0 Å². The van der Waals surface area contributed by atoms with Crippen molar-refractivity contribution in [3.63, 3.8) is 0 Å². The molecule has 0 fully saturated rings. The van der Waals surface area contributed by atoms with Crippen LogP contribution in [0.25, 0.3) is 17.2 Å². The smallest absolute Gasteiger partial charge is 0.341 e. The number of carbonyl (C=O) groups excluding carboxylic acids is 2. The first-order valence-electron chi connectivity index (χ1n) is 12.4. The van der Waals surface area contributed by atoms with Gasteiger partial charge in [0, 0.05) is 17.0 Å². The molecule has 2 aromatic carbocycles. The van der Waals surface area contributed by atoms with Gasteiger partial charge in [-0.3, -0.25) is 4.79 Å². The maximum absolute atomic E-state index is 12.8. The molecule has 0 unspecified atom stereocenters. The summed E-state index contributed by atoms with van der Waals surface area (Å²) in [5, 5.41) is 5.18. The van der Waals surface area contributed by atoms with E-state index in [-0.39, 0.29) is 12.5 Å². The molecule has 0 aliphatic rings. The van der Waals surface area contributed by atoms with Gasteiger partial charge in [-0.25, -0.2) is 4.79 Å². The first-order chi connectivity index (χ1) is 17.7. The normalized spacial score (nSPS) is 11.1. The molecular weight excluding hydrogens is 486 g/mol. The molecule has 3 aromatic rings. The summed E-state index contributed by atoms with van der Waals surface area (Å²) in [4.78, 5) is 25.6. The van der Waals surface area contributed by atoms with E-state index in [0.717, 1.165) is 28.7 Å². The molecule has 196 valence electrons. The third-order valence-electron chi connectivity index (χ3n) is 5.89. The largest absolute Gasteiger partial charge is 0.493 e. The molecule has 0 atom stereocenters. The lowest BCUT2D eigenvalue weighted by atomic mass is 9.99. The fraction of sp³-hybridized carbons (Fsp3) is 0.333. The second-order valence-electron chi connectivity index (χ2n) is 9.14. The van der Waals surface area contributed by atoms with Crippen LogP contribution in [-0.4, -0.2) is 32.2 Å². The lowest BCUT2D eigenvalue weighted by Crippen LogP contribution is -2.12. The molecule has 0 saturated carbocycles. The molecule has 1 aromatic heterocycles. The number of esters is 1. The molecule has 0 saturated heterocycles. The number of hydrogen-bond donors (Lipinski definition) is 1. The third kappa shape index (κ3) is 7.46. The highest BCUT2D eigenvalue weighted by molar-refractivity contribution is 7.15. The zero-order valence-corrected chi connectivity index (χ0v) is 23.2. The summed E-state index contributed by atoms with van der Waals surface area (Å²) in [7, 11) is 1.59. The standard InChI is InChI=1S/C30H35NO5S/c1-7-35-30(33)28-24(23-11-8-20(4)21(5)16-23)18-37-29(28)31-27(32)13-10-22-9-12-25(26(17-22)34-6)36-15-14-19(2)3/h8-13,16-19H,7,14-15H2,1-6H3,(H,31,32)/b13-10+. The minimum Gasteiger partial charge on any atom is -0.493 e. The summed E-state index contributed by atoms with van der Waals surface area (Å²) in [6, 6.07) is 11.6. The Bertz CT molecular complexity index is 1270. The van der Waals surface area contributed by atoms with E-state index in [1.165, 1.54) is 23.0 Å². The fourth-order valence-electron chi connectivity index (χ4n) is 3.61. The number of aryl methyl sites for hydroxylation is 2. The van der Waals surface area contributed by atoms with Crippen LogP contribution in [0.15, 0.2) is 47.9 Å². The maximum atomic E-state index is 12.8. The SMILES string of the molecule is CCOC(=O)c1c(-c2ccc(C)c(C)c2)csc1NC(=O)/C=C/c1ccc(OCCC(C)C)c(OC)c1. The number of benzene rings is 2. The van der Waals surface area contributed by atoms with E-state index in [1.54, 1.807) is 20.1 Å². The van der Waals surface area contributed by atoms with Crippen LogP contribution in [0.1, 0.15) is 54.2 Å². The van der Waals surface area contributed by atoms with Crippen LogP contribution >= 0.6 is 11.3 Å². The molecule has 0 aliphatic heterocycles. The Morgan fingerprint density at radius 1 is 1.05 bits per heavy atom. The predicted molar refractivity (Wildman–Crippen MR) is 151 cm³/mol. The van der Waals surface area contributed by atoms with Gasteiger partial charge in [-0.2, -0.15) is 0 Å². The van der Waals surface area contributed by atoms with Crippen LogP contribution in [-0.2, 0) is 9.53 Å². The first-order valence-corrected chi connectivity index (χ1v) is 13.3. The van der Waals surface area contributed by atoms with E-state index in [2.05, 4.69) is 19.2 Å². The van der Waals surface area contributed by atoms with Crippen molar-refractivity contribution in [2.24, 2.45) is 5.92 Å². The Labute approximate surface area is 223 Å². The molecule has 3 rings (SSSR count). The van der Waals surface area contributed by atoms with Gasteiger partial charge in [0.1, 0.15) is 10.6 Å². The Hall–Kier alpha value is -3.58. The average molecular weight is 522 g/mol. The molecule has 0 bridgehead atoms. The van der Waals surface area contributed by atoms with E-state index in [1.807, 2.05) is 55.6 Å². The molecule has 0 radical (unpaired) electrons. The van der Waals surface area contributed by atoms with E-state index in [0.29, 0.717) is 34.6 Å². The third-order valence-corrected chi connectivity index (χ3v) is 6.79. The van der Waals surface area contributed by atoms with E-state index < -0.39 is 5.97 Å². The van der Waals surface area contributed by atoms with E-state index in [4.69, 9.17) is 14.2 Å². The molecule has 6 nitrogen and oxygen atoms in total. The van der Waals surface area contributed by atoms with Crippen molar-refractivity contribution in [2.45, 2.75) is 41.0 Å². The van der Waals surface area contributed by atoms with Crippen LogP contribution in [0.4, 0.5) is 5.00 Å². The van der Waals surface area contributed by atoms with Crippen LogP contribution in [0.3, 0.4) is 0 Å². The van der Waals surface area contributed by atoms with E-state index >= 15 is 0 Å². The van der Waals surface area contributed by atoms with Crippen molar-refractivity contribution in [1.82, 2.24) is 0 Å². The molecule has 1 amide bonds. The van der Waals surface area contributed by atoms with Gasteiger partial charge in [0.2, 0.25) is 5.91 Å². The van der Waals surface area contributed by atoms with E-state index in [9.17, 15) is 9.59 Å². The van der Waals surface area contributed by atoms with Crippen molar-refractivity contribution in [1.29, 1.82) is 0 Å². The summed E-state index contributed by atoms with van der Waals surface area (Å²) in [6.45, 7) is 11.0. The monoisotopic (exact) mass is 521 g/mol. The minimum absolute atomic E-state index is 0.243. The van der Waals surface area contributed by atoms with Crippen molar-refractivity contribution in [3.05, 3.63) is 70.1 Å². The van der Waals surface area contributed by atoms with Gasteiger partial charge in [-0.05, 0) is 73.6 Å². The fourth-order valence-corrected chi connectivity index (χ4v) is 4.57. The van der Waals surface area contributed by atoms with Crippen molar-refractivity contribution in [3.8, 4) is 22.6 Å². The molecule has 1 N–H and O–H groups in total. The van der Waals surface area contributed by atoms with Gasteiger partial charge >= 0.3 is 5.97 Å². The molecular formula is C30H35NO5S. The number of rotatable bonds is 11. The second-order valence-corrected chi connectivity index (χ2v) is 10.0. The Morgan fingerprint density at radius 2 is 1.84 bits per heavy atom. The summed E-state index contributed by atoms with van der Waals surface area (Å²) in [5.74, 6) is 1.01. The van der Waals surface area contributed by atoms with Gasteiger partial charge in [0.15, 0.2) is 11.5 Å². The number of methoxy groups -OCH3 is 1. The molecule has 1 heterocycles. The number of nitrogens with one attached hydrogen (secondary N) is 1. The van der Waals surface area contributed by atoms with Crippen LogP contribution in [0, 0.1) is 19.8 Å². The second kappa shape index (κ2) is 13.1. The lowest BCUT2D eigenvalue weighted by Gasteiger charge is -2.12. The number of ether oxygens (including phenoxy) is 3. The molecule has 37 heavy (non-hydrogen) atoms. The summed E-state index contributed by atoms with van der Waals surface area (Å²) >= 11 is 1.30. The summed E-state index contributed by atoms with van der Waals surface area (Å²) in [6.07, 6.45) is 4.07. The number of hydrogen-bond acceptors (Lipinski definition) is 6. The predicted octanol–water partition coefficient (Wildman–Crippen LogP) is 7.29. The average Bonchev–Trinajstić information content (AvgIpc) is 3.28. The number of carbonyl (C=O) groups is 2. The van der Waals surface area contributed by atoms with Crippen molar-refractivity contribution in [2.75, 3.05) is 25.6 Å². The lowest BCUT2D eigenvalue weighted by molar-refractivity contribution is -0.111. The van der Waals surface area contributed by atoms with Crippen molar-refractivity contribution >= 4 is 34.3 Å².